The zero-order valence-corrected chi connectivity index (χ0v) is 55.1. The van der Waals surface area contributed by atoms with Crippen LogP contribution in [0.25, 0.3) is 54.5 Å². The van der Waals surface area contributed by atoms with E-state index in [2.05, 4.69) is 170 Å². The van der Waals surface area contributed by atoms with Gasteiger partial charge in [0.15, 0.2) is 0 Å². The van der Waals surface area contributed by atoms with Crippen molar-refractivity contribution in [3.8, 4) is 0 Å². The van der Waals surface area contributed by atoms with Crippen molar-refractivity contribution in [1.82, 2.24) is 49.8 Å². The van der Waals surface area contributed by atoms with E-state index >= 15 is 0 Å². The Morgan fingerprint density at radius 1 is 0.329 bits per heavy atom. The molecule has 5 heterocycles. The minimum absolute atomic E-state index is 0.0436. The molecule has 0 saturated carbocycles. The molecular weight excluding hydrogens is 1150 g/mol. The van der Waals surface area contributed by atoms with Crippen LogP contribution < -0.4 is 27.8 Å². The number of rotatable bonds is 5. The molecule has 0 aliphatic heterocycles. The second-order valence-electron chi connectivity index (χ2n) is 28.1. The summed E-state index contributed by atoms with van der Waals surface area (Å²) in [6, 6.07) is 27.9. The molecule has 15 nitrogen and oxygen atoms in total. The van der Waals surface area contributed by atoms with Crippen LogP contribution in [0.4, 0.5) is 0 Å². The molecule has 0 unspecified atom stereocenters. The quantitative estimate of drug-likeness (QED) is 0.109. The van der Waals surface area contributed by atoms with E-state index in [0.717, 1.165) is 98.6 Å². The number of nitrogens with one attached hydrogen (secondary N) is 5. The molecule has 85 heavy (non-hydrogen) atoms. The highest BCUT2D eigenvalue weighted by Crippen LogP contribution is 2.24. The van der Waals surface area contributed by atoms with Crippen molar-refractivity contribution in [2.24, 2.45) is 27.1 Å². The number of H-pyrrole nitrogens is 5. The van der Waals surface area contributed by atoms with Gasteiger partial charge in [-0.05, 0) is 126 Å². The van der Waals surface area contributed by atoms with Gasteiger partial charge >= 0.3 is 0 Å². The van der Waals surface area contributed by atoms with Gasteiger partial charge in [0.1, 0.15) is 29.1 Å². The highest BCUT2D eigenvalue weighted by Gasteiger charge is 2.19. The number of hydrogen-bond acceptors (Lipinski definition) is 10. The lowest BCUT2D eigenvalue weighted by molar-refractivity contribution is 0.400. The van der Waals surface area contributed by atoms with Crippen LogP contribution >= 0.6 is 27.5 Å². The Morgan fingerprint density at radius 2 is 0.588 bits per heavy atom. The smallest absolute Gasteiger partial charge is 0.258 e. The molecule has 450 valence electrons. The van der Waals surface area contributed by atoms with Gasteiger partial charge in [0, 0.05) is 41.6 Å². The van der Waals surface area contributed by atoms with E-state index < -0.39 is 0 Å². The Balaban J connectivity index is 0.000000170. The molecule has 0 aliphatic carbocycles. The molecule has 5 N–H and O–H groups in total. The Kier molecular flexibility index (Phi) is 21.1. The molecule has 10 rings (SSSR count). The number of benzene rings is 5. The minimum atomic E-state index is -0.106. The second kappa shape index (κ2) is 26.9. The molecule has 0 aliphatic rings. The second-order valence-corrected chi connectivity index (χ2v) is 29.5. The lowest BCUT2D eigenvalue weighted by atomic mass is 9.92. The van der Waals surface area contributed by atoms with Crippen molar-refractivity contribution in [1.29, 1.82) is 0 Å². The highest BCUT2D eigenvalue weighted by atomic mass is 79.9. The van der Waals surface area contributed by atoms with Gasteiger partial charge < -0.3 is 24.9 Å². The SMILES string of the molecule is CC(C)(C)Cc1nc2cc(Cl)ccc2c(=O)[nH]1.CC(C)(C)Cc1nc2ccc(Br)cc2c(=O)[nH]1.Cc1ccc2c(=O)[nH]c(CC(C)(C)C)nc2c1.Cc1ccc2nc(CC(C)(C)C)[nH]c(=O)c2c1.Cc1ccc2nc(CC(C)(C)C)[nH]c(=O)c2c1. The summed E-state index contributed by atoms with van der Waals surface area (Å²) in [6.07, 6.45) is 3.79. The van der Waals surface area contributed by atoms with Gasteiger partial charge in [-0.2, -0.15) is 0 Å². The molecule has 0 atom stereocenters. The fourth-order valence-corrected chi connectivity index (χ4v) is 9.68. The zero-order chi connectivity index (χ0) is 63.1. The van der Waals surface area contributed by atoms with Crippen molar-refractivity contribution < 1.29 is 0 Å². The lowest BCUT2D eigenvalue weighted by Crippen LogP contribution is -2.17. The molecule has 0 spiro atoms. The van der Waals surface area contributed by atoms with E-state index in [1.165, 1.54) is 0 Å². The number of aromatic amines is 5. The molecule has 0 amide bonds. The van der Waals surface area contributed by atoms with Gasteiger partial charge in [-0.3, -0.25) is 24.0 Å². The van der Waals surface area contributed by atoms with Crippen LogP contribution in [-0.4, -0.2) is 49.8 Å². The van der Waals surface area contributed by atoms with Crippen molar-refractivity contribution in [2.45, 2.75) is 157 Å². The summed E-state index contributed by atoms with van der Waals surface area (Å²) in [4.78, 5) is 96.3. The van der Waals surface area contributed by atoms with Crippen molar-refractivity contribution >= 4 is 82.0 Å². The molecule has 10 aromatic rings. The van der Waals surface area contributed by atoms with Gasteiger partial charge in [0.2, 0.25) is 0 Å². The predicted octanol–water partition coefficient (Wildman–Crippen LogP) is 14.9. The van der Waals surface area contributed by atoms with Crippen molar-refractivity contribution in [2.75, 3.05) is 0 Å². The fourth-order valence-electron chi connectivity index (χ4n) is 9.15. The van der Waals surface area contributed by atoms with Crippen LogP contribution in [-0.2, 0) is 32.1 Å². The summed E-state index contributed by atoms with van der Waals surface area (Å²) in [5.74, 6) is 3.74. The molecule has 0 saturated heterocycles. The summed E-state index contributed by atoms with van der Waals surface area (Å²) in [6.45, 7) is 37.8. The molecular formula is C68H84BrClN10O5. The fraction of sp³-hybridized carbons (Fsp3) is 0.412. The van der Waals surface area contributed by atoms with Gasteiger partial charge in [-0.1, -0.05) is 161 Å². The predicted molar refractivity (Wildman–Crippen MR) is 355 cm³/mol. The van der Waals surface area contributed by atoms with Crippen molar-refractivity contribution in [3.63, 3.8) is 0 Å². The topological polar surface area (TPSA) is 229 Å². The molecule has 17 heteroatoms. The first-order valence-electron chi connectivity index (χ1n) is 28.6. The van der Waals surface area contributed by atoms with Crippen LogP contribution in [0.2, 0.25) is 5.02 Å². The normalized spacial score (nSPS) is 12.0. The summed E-state index contributed by atoms with van der Waals surface area (Å²) in [5.41, 5.74) is 7.25. The summed E-state index contributed by atoms with van der Waals surface area (Å²) < 4.78 is 0.890. The Bertz CT molecular complexity index is 3960. The lowest BCUT2D eigenvalue weighted by Gasteiger charge is -2.17. The molecule has 5 aromatic heterocycles. The third-order valence-electron chi connectivity index (χ3n) is 12.7. The van der Waals surface area contributed by atoms with E-state index in [9.17, 15) is 24.0 Å². The summed E-state index contributed by atoms with van der Waals surface area (Å²) >= 11 is 9.26. The van der Waals surface area contributed by atoms with Crippen molar-refractivity contribution in [3.05, 3.63) is 198 Å². The highest BCUT2D eigenvalue weighted by molar-refractivity contribution is 9.10. The van der Waals surface area contributed by atoms with Gasteiger partial charge in [0.25, 0.3) is 27.8 Å². The van der Waals surface area contributed by atoms with Crippen LogP contribution in [0.5, 0.6) is 0 Å². The third-order valence-corrected chi connectivity index (χ3v) is 13.4. The summed E-state index contributed by atoms with van der Waals surface area (Å²) in [5, 5.41) is 3.79. The first-order chi connectivity index (χ1) is 39.2. The molecule has 0 bridgehead atoms. The number of aryl methyl sites for hydroxylation is 3. The monoisotopic (exact) mass is 1230 g/mol. The Hall–Kier alpha value is -7.43. The van der Waals surface area contributed by atoms with E-state index in [1.54, 1.807) is 24.3 Å². The number of fused-ring (bicyclic) bond motifs is 5. The van der Waals surface area contributed by atoms with Gasteiger partial charge in [0.05, 0.1) is 54.5 Å². The Labute approximate surface area is 510 Å². The number of halogens is 2. The maximum atomic E-state index is 11.9. The van der Waals surface area contributed by atoms with Gasteiger partial charge in [-0.15, -0.1) is 0 Å². The first kappa shape index (κ1) is 66.7. The molecule has 5 aromatic carbocycles. The average Bonchev–Trinajstić information content (AvgIpc) is 3.29. The standard InChI is InChI=1S/3C14H18N2O.C13H15BrN2O.C13H15ClN2O/c2*1-9-5-6-11-10(7-9)13(17)16-12(15-11)8-14(2,3)4;1-9-5-6-10-11(7-9)15-12(16-13(10)17)8-14(2,3)4;1-13(2,3)7-11-15-10-5-4-8(14)6-9(10)12(17)16-11;1-13(2,3)7-11-15-10-6-8(14)4-5-9(10)12(17)16-11/h3*5-7H,8H2,1-4H3,(H,15,16,17);2*4-6H,7H2,1-3H3,(H,15,16,17). The molecule has 0 fully saturated rings. The number of nitrogens with zero attached hydrogens (tertiary/aromatic N) is 5. The zero-order valence-electron chi connectivity index (χ0n) is 52.7. The van der Waals surface area contributed by atoms with Crippen LogP contribution in [0.15, 0.2) is 119 Å². The number of hydrogen-bond donors (Lipinski definition) is 5. The maximum Gasteiger partial charge on any atom is 0.258 e. The first-order valence-corrected chi connectivity index (χ1v) is 29.8. The molecule has 0 radical (unpaired) electrons. The summed E-state index contributed by atoms with van der Waals surface area (Å²) in [7, 11) is 0. The largest absolute Gasteiger partial charge is 0.310 e. The third kappa shape index (κ3) is 20.9. The van der Waals surface area contributed by atoms with Crippen LogP contribution in [0.1, 0.15) is 150 Å². The van der Waals surface area contributed by atoms with E-state index in [0.29, 0.717) is 43.3 Å². The Morgan fingerprint density at radius 3 is 0.929 bits per heavy atom. The number of aromatic nitrogens is 10. The van der Waals surface area contributed by atoms with E-state index in [4.69, 9.17) is 11.6 Å². The minimum Gasteiger partial charge on any atom is -0.310 e. The average molecular weight is 1240 g/mol. The maximum absolute atomic E-state index is 11.9. The van der Waals surface area contributed by atoms with E-state index in [-0.39, 0.29) is 54.9 Å². The van der Waals surface area contributed by atoms with Crippen LogP contribution in [0, 0.1) is 47.8 Å². The van der Waals surface area contributed by atoms with Gasteiger partial charge in [-0.25, -0.2) is 24.9 Å². The van der Waals surface area contributed by atoms with E-state index in [1.807, 2.05) is 87.5 Å². The van der Waals surface area contributed by atoms with Crippen LogP contribution in [0.3, 0.4) is 0 Å².